The third-order valence-electron chi connectivity index (χ3n) is 4.78. The van der Waals surface area contributed by atoms with Gasteiger partial charge in [-0.3, -0.25) is 9.59 Å². The molecule has 10 heteroatoms. The molecule has 1 fully saturated rings. The van der Waals surface area contributed by atoms with Gasteiger partial charge in [0.1, 0.15) is 5.75 Å². The van der Waals surface area contributed by atoms with E-state index in [0.29, 0.717) is 35.8 Å². The van der Waals surface area contributed by atoms with Crippen LogP contribution in [0.2, 0.25) is 5.02 Å². The molecular weight excluding hydrogens is 430 g/mol. The van der Waals surface area contributed by atoms with E-state index in [0.717, 1.165) is 0 Å². The molecule has 1 aliphatic rings. The fraction of sp³-hybridized carbons (Fsp3) is 0.300. The number of carbonyl (C=O) groups excluding carboxylic acids is 2. The summed E-state index contributed by atoms with van der Waals surface area (Å²) in [5.74, 6) is -1.13. The van der Waals surface area contributed by atoms with Crippen molar-refractivity contribution in [3.05, 3.63) is 53.6 Å². The fourth-order valence-electron chi connectivity index (χ4n) is 3.26. The van der Waals surface area contributed by atoms with Crippen LogP contribution < -0.4 is 15.4 Å². The summed E-state index contributed by atoms with van der Waals surface area (Å²) in [6.45, 7) is 0.390. The van der Waals surface area contributed by atoms with Gasteiger partial charge in [0.2, 0.25) is 10.0 Å². The van der Waals surface area contributed by atoms with Crippen molar-refractivity contribution in [3.63, 3.8) is 0 Å². The number of nitrogens with one attached hydrogen (secondary N) is 2. The summed E-state index contributed by atoms with van der Waals surface area (Å²) in [6, 6.07) is 12.1. The standard InChI is InChI=1S/C20H22ClN3O5S/c1-29-17-7-9-18(10-8-17)30(27,28)24-11-3-6-16(24)13-22-19(25)20(26)23-15-5-2-4-14(21)12-15/h2,4-5,7-10,12,16H,3,6,11,13H2,1H3,(H,22,25)(H,23,26). The number of hydrogen-bond donors (Lipinski definition) is 2. The summed E-state index contributed by atoms with van der Waals surface area (Å²) in [6.07, 6.45) is 1.26. The first-order valence-corrected chi connectivity index (χ1v) is 11.1. The molecule has 2 N–H and O–H groups in total. The quantitative estimate of drug-likeness (QED) is 0.655. The van der Waals surface area contributed by atoms with Crippen LogP contribution >= 0.6 is 11.6 Å². The molecule has 2 aromatic carbocycles. The van der Waals surface area contributed by atoms with Crippen LogP contribution in [0, 0.1) is 0 Å². The highest BCUT2D eigenvalue weighted by molar-refractivity contribution is 7.89. The van der Waals surface area contributed by atoms with E-state index >= 15 is 0 Å². The number of rotatable bonds is 6. The number of carbonyl (C=O) groups is 2. The maximum Gasteiger partial charge on any atom is 0.313 e. The number of methoxy groups -OCH3 is 1. The van der Waals surface area contributed by atoms with Crippen LogP contribution in [0.1, 0.15) is 12.8 Å². The van der Waals surface area contributed by atoms with Crippen molar-refractivity contribution >= 4 is 39.1 Å². The SMILES string of the molecule is COc1ccc(S(=O)(=O)N2CCCC2CNC(=O)C(=O)Nc2cccc(Cl)c2)cc1. The van der Waals surface area contributed by atoms with E-state index in [9.17, 15) is 18.0 Å². The molecule has 30 heavy (non-hydrogen) atoms. The maximum atomic E-state index is 13.0. The molecule has 160 valence electrons. The summed E-state index contributed by atoms with van der Waals surface area (Å²) in [7, 11) is -2.22. The van der Waals surface area contributed by atoms with Gasteiger partial charge in [0, 0.05) is 29.8 Å². The Morgan fingerprint density at radius 3 is 2.57 bits per heavy atom. The Balaban J connectivity index is 1.61. The molecule has 2 aromatic rings. The Morgan fingerprint density at radius 1 is 1.17 bits per heavy atom. The lowest BCUT2D eigenvalue weighted by Crippen LogP contribution is -2.45. The fourth-order valence-corrected chi connectivity index (χ4v) is 5.14. The molecule has 1 saturated heterocycles. The summed E-state index contributed by atoms with van der Waals surface area (Å²) < 4.78 is 32.4. The minimum Gasteiger partial charge on any atom is -0.497 e. The van der Waals surface area contributed by atoms with Gasteiger partial charge in [0.05, 0.1) is 12.0 Å². The molecule has 0 radical (unpaired) electrons. The van der Waals surface area contributed by atoms with Crippen molar-refractivity contribution in [2.75, 3.05) is 25.5 Å². The number of amides is 2. The van der Waals surface area contributed by atoms with E-state index in [1.54, 1.807) is 30.3 Å². The zero-order chi connectivity index (χ0) is 21.7. The smallest absolute Gasteiger partial charge is 0.313 e. The van der Waals surface area contributed by atoms with Gasteiger partial charge in [-0.05, 0) is 55.3 Å². The number of benzene rings is 2. The van der Waals surface area contributed by atoms with E-state index in [4.69, 9.17) is 16.3 Å². The maximum absolute atomic E-state index is 13.0. The summed E-state index contributed by atoms with van der Waals surface area (Å²) >= 11 is 5.86. The first kappa shape index (κ1) is 22.1. The highest BCUT2D eigenvalue weighted by Gasteiger charge is 2.35. The van der Waals surface area contributed by atoms with Gasteiger partial charge in [-0.1, -0.05) is 17.7 Å². The Morgan fingerprint density at radius 2 is 1.90 bits per heavy atom. The van der Waals surface area contributed by atoms with Crippen LogP contribution in [0.3, 0.4) is 0 Å². The Bertz CT molecular complexity index is 1030. The summed E-state index contributed by atoms with van der Waals surface area (Å²) in [4.78, 5) is 24.4. The lowest BCUT2D eigenvalue weighted by molar-refractivity contribution is -0.136. The molecule has 0 aliphatic carbocycles. The van der Waals surface area contributed by atoms with E-state index in [1.165, 1.54) is 29.6 Å². The number of ether oxygens (including phenoxy) is 1. The minimum atomic E-state index is -3.72. The zero-order valence-electron chi connectivity index (χ0n) is 16.3. The van der Waals surface area contributed by atoms with Crippen LogP contribution in [-0.2, 0) is 19.6 Å². The molecule has 8 nitrogen and oxygen atoms in total. The molecule has 0 spiro atoms. The molecule has 1 unspecified atom stereocenters. The molecular formula is C20H22ClN3O5S. The highest BCUT2D eigenvalue weighted by Crippen LogP contribution is 2.27. The second kappa shape index (κ2) is 9.46. The third-order valence-corrected chi connectivity index (χ3v) is 6.98. The van der Waals surface area contributed by atoms with Gasteiger partial charge in [0.25, 0.3) is 0 Å². The minimum absolute atomic E-state index is 0.0389. The number of anilines is 1. The molecule has 1 atom stereocenters. The number of sulfonamides is 1. The van der Waals surface area contributed by atoms with E-state index in [2.05, 4.69) is 10.6 Å². The Kier molecular flexibility index (Phi) is 6.96. The molecule has 1 heterocycles. The molecule has 0 aromatic heterocycles. The van der Waals surface area contributed by atoms with Crippen LogP contribution in [0.4, 0.5) is 5.69 Å². The average Bonchev–Trinajstić information content (AvgIpc) is 3.21. The molecule has 3 rings (SSSR count). The van der Waals surface area contributed by atoms with Crippen LogP contribution in [-0.4, -0.2) is 50.8 Å². The summed E-state index contributed by atoms with van der Waals surface area (Å²) in [5, 5.41) is 5.41. The highest BCUT2D eigenvalue weighted by atomic mass is 35.5. The van der Waals surface area contributed by atoms with Gasteiger partial charge in [-0.15, -0.1) is 0 Å². The van der Waals surface area contributed by atoms with E-state index in [-0.39, 0.29) is 11.4 Å². The second-order valence-corrected chi connectivity index (χ2v) is 9.09. The largest absolute Gasteiger partial charge is 0.497 e. The third kappa shape index (κ3) is 5.10. The number of nitrogens with zero attached hydrogens (tertiary/aromatic N) is 1. The lowest BCUT2D eigenvalue weighted by atomic mass is 10.2. The zero-order valence-corrected chi connectivity index (χ0v) is 17.9. The van der Waals surface area contributed by atoms with Gasteiger partial charge >= 0.3 is 11.8 Å². The van der Waals surface area contributed by atoms with Crippen molar-refractivity contribution < 1.29 is 22.7 Å². The van der Waals surface area contributed by atoms with Gasteiger partial charge < -0.3 is 15.4 Å². The van der Waals surface area contributed by atoms with Crippen LogP contribution in [0.25, 0.3) is 0 Å². The van der Waals surface area contributed by atoms with Crippen molar-refractivity contribution in [2.45, 2.75) is 23.8 Å². The van der Waals surface area contributed by atoms with E-state index in [1.807, 2.05) is 0 Å². The van der Waals surface area contributed by atoms with Crippen molar-refractivity contribution in [1.29, 1.82) is 0 Å². The van der Waals surface area contributed by atoms with Crippen molar-refractivity contribution in [2.24, 2.45) is 0 Å². The second-order valence-electron chi connectivity index (χ2n) is 6.76. The predicted octanol–water partition coefficient (Wildman–Crippen LogP) is 2.26. The first-order chi connectivity index (χ1) is 14.3. The van der Waals surface area contributed by atoms with Crippen LogP contribution in [0.15, 0.2) is 53.4 Å². The predicted molar refractivity (Wildman–Crippen MR) is 113 cm³/mol. The molecule has 1 aliphatic heterocycles. The lowest BCUT2D eigenvalue weighted by Gasteiger charge is -2.24. The average molecular weight is 452 g/mol. The first-order valence-electron chi connectivity index (χ1n) is 9.32. The number of halogens is 1. The van der Waals surface area contributed by atoms with Gasteiger partial charge in [-0.2, -0.15) is 4.31 Å². The van der Waals surface area contributed by atoms with Gasteiger partial charge in [0.15, 0.2) is 0 Å². The van der Waals surface area contributed by atoms with Crippen LogP contribution in [0.5, 0.6) is 5.75 Å². The van der Waals surface area contributed by atoms with Gasteiger partial charge in [-0.25, -0.2) is 8.42 Å². The van der Waals surface area contributed by atoms with Crippen molar-refractivity contribution in [1.82, 2.24) is 9.62 Å². The normalized spacial score (nSPS) is 16.8. The van der Waals surface area contributed by atoms with Crippen molar-refractivity contribution in [3.8, 4) is 5.75 Å². The number of hydrogen-bond acceptors (Lipinski definition) is 5. The molecule has 2 amide bonds. The molecule has 0 saturated carbocycles. The summed E-state index contributed by atoms with van der Waals surface area (Å²) in [5.41, 5.74) is 0.396. The monoisotopic (exact) mass is 451 g/mol. The molecule has 0 bridgehead atoms. The van der Waals surface area contributed by atoms with E-state index < -0.39 is 27.9 Å². The Labute approximate surface area is 180 Å². The Hall–Kier alpha value is -2.62. The topological polar surface area (TPSA) is 105 Å².